The first-order chi connectivity index (χ1) is 6.66. The maximum Gasteiger partial charge on any atom is 0.141 e. The fourth-order valence-electron chi connectivity index (χ4n) is 2.02. The predicted octanol–water partition coefficient (Wildman–Crippen LogP) is 2.19. The minimum Gasteiger partial charge on any atom is -0.320 e. The number of nitrogens with two attached hydrogens (primary N) is 1. The zero-order valence-corrected chi connectivity index (χ0v) is 8.33. The summed E-state index contributed by atoms with van der Waals surface area (Å²) in [7, 11) is 0. The molecule has 1 fully saturated rings. The van der Waals surface area contributed by atoms with Crippen LogP contribution in [0.5, 0.6) is 0 Å². The van der Waals surface area contributed by atoms with Crippen molar-refractivity contribution in [3.63, 3.8) is 0 Å². The summed E-state index contributed by atoms with van der Waals surface area (Å²) in [5, 5.41) is 0. The first-order valence-corrected chi connectivity index (χ1v) is 5.07. The van der Waals surface area contributed by atoms with Gasteiger partial charge in [-0.3, -0.25) is 4.98 Å². The molecule has 1 aromatic rings. The molecule has 1 saturated carbocycles. The molecule has 2 unspecified atom stereocenters. The van der Waals surface area contributed by atoms with E-state index >= 15 is 0 Å². The van der Waals surface area contributed by atoms with Crippen LogP contribution in [0.1, 0.15) is 31.9 Å². The van der Waals surface area contributed by atoms with Gasteiger partial charge in [0.05, 0.1) is 17.4 Å². The summed E-state index contributed by atoms with van der Waals surface area (Å²) in [6, 6.07) is 3.13. The van der Waals surface area contributed by atoms with Crippen LogP contribution < -0.4 is 5.73 Å². The Morgan fingerprint density at radius 2 is 2.43 bits per heavy atom. The number of pyridine rings is 1. The van der Waals surface area contributed by atoms with Crippen LogP contribution in [0.4, 0.5) is 4.39 Å². The molecule has 0 aromatic carbocycles. The molecule has 0 bridgehead atoms. The van der Waals surface area contributed by atoms with Crippen molar-refractivity contribution in [1.29, 1.82) is 0 Å². The summed E-state index contributed by atoms with van der Waals surface area (Å²) in [5.41, 5.74) is 6.72. The third-order valence-corrected chi connectivity index (χ3v) is 2.99. The van der Waals surface area contributed by atoms with Crippen molar-refractivity contribution in [3.8, 4) is 0 Å². The topological polar surface area (TPSA) is 38.9 Å². The monoisotopic (exact) mass is 194 g/mol. The Morgan fingerprint density at radius 1 is 1.64 bits per heavy atom. The second-order valence-corrected chi connectivity index (χ2v) is 4.09. The van der Waals surface area contributed by atoms with Gasteiger partial charge in [-0.15, -0.1) is 0 Å². The van der Waals surface area contributed by atoms with E-state index in [1.54, 1.807) is 6.07 Å². The molecule has 0 aliphatic heterocycles. The Kier molecular flexibility index (Phi) is 2.27. The SMILES string of the molecule is CCCC1CC1(N)c1ccc(F)cn1. The summed E-state index contributed by atoms with van der Waals surface area (Å²) in [4.78, 5) is 4.04. The summed E-state index contributed by atoms with van der Waals surface area (Å²) in [6.07, 6.45) is 4.51. The molecule has 76 valence electrons. The van der Waals surface area contributed by atoms with Gasteiger partial charge in [0.25, 0.3) is 0 Å². The Morgan fingerprint density at radius 3 is 3.00 bits per heavy atom. The molecule has 14 heavy (non-hydrogen) atoms. The lowest BCUT2D eigenvalue weighted by Crippen LogP contribution is -2.23. The normalized spacial score (nSPS) is 30.4. The second kappa shape index (κ2) is 3.31. The summed E-state index contributed by atoms with van der Waals surface area (Å²) >= 11 is 0. The van der Waals surface area contributed by atoms with Crippen LogP contribution in [0.15, 0.2) is 18.3 Å². The molecule has 2 rings (SSSR count). The highest BCUT2D eigenvalue weighted by Crippen LogP contribution is 2.51. The fraction of sp³-hybridized carbons (Fsp3) is 0.545. The molecule has 0 radical (unpaired) electrons. The van der Waals surface area contributed by atoms with Crippen molar-refractivity contribution in [2.75, 3.05) is 0 Å². The Bertz CT molecular complexity index is 323. The zero-order chi connectivity index (χ0) is 10.2. The average molecular weight is 194 g/mol. The largest absolute Gasteiger partial charge is 0.320 e. The lowest BCUT2D eigenvalue weighted by molar-refractivity contribution is 0.563. The maximum atomic E-state index is 12.6. The number of aromatic nitrogens is 1. The highest BCUT2D eigenvalue weighted by molar-refractivity contribution is 5.25. The standard InChI is InChI=1S/C11H15FN2/c1-2-3-8-6-11(8,13)10-5-4-9(12)7-14-10/h4-5,7-8H,2-3,6,13H2,1H3. The summed E-state index contributed by atoms with van der Waals surface area (Å²) in [6.45, 7) is 2.15. The van der Waals surface area contributed by atoms with Crippen LogP contribution in [0.3, 0.4) is 0 Å². The van der Waals surface area contributed by atoms with Crippen molar-refractivity contribution < 1.29 is 4.39 Å². The van der Waals surface area contributed by atoms with Crippen molar-refractivity contribution in [3.05, 3.63) is 29.8 Å². The third-order valence-electron chi connectivity index (χ3n) is 2.99. The Balaban J connectivity index is 2.13. The van der Waals surface area contributed by atoms with Crippen molar-refractivity contribution in [1.82, 2.24) is 4.98 Å². The van der Waals surface area contributed by atoms with Gasteiger partial charge in [0.2, 0.25) is 0 Å². The Hall–Kier alpha value is -0.960. The van der Waals surface area contributed by atoms with Crippen molar-refractivity contribution in [2.24, 2.45) is 11.7 Å². The lowest BCUT2D eigenvalue weighted by atomic mass is 10.1. The van der Waals surface area contributed by atoms with Crippen LogP contribution in [0, 0.1) is 11.7 Å². The number of nitrogens with zero attached hydrogens (tertiary/aromatic N) is 1. The van der Waals surface area contributed by atoms with E-state index in [9.17, 15) is 4.39 Å². The first-order valence-electron chi connectivity index (χ1n) is 5.07. The van der Waals surface area contributed by atoms with Gasteiger partial charge >= 0.3 is 0 Å². The molecule has 1 aliphatic rings. The molecule has 2 nitrogen and oxygen atoms in total. The summed E-state index contributed by atoms with van der Waals surface area (Å²) < 4.78 is 12.6. The van der Waals surface area contributed by atoms with E-state index in [0.717, 1.165) is 25.0 Å². The van der Waals surface area contributed by atoms with Gasteiger partial charge < -0.3 is 5.73 Å². The maximum absolute atomic E-state index is 12.6. The zero-order valence-electron chi connectivity index (χ0n) is 8.33. The molecule has 1 aromatic heterocycles. The molecule has 0 saturated heterocycles. The fourth-order valence-corrected chi connectivity index (χ4v) is 2.02. The quantitative estimate of drug-likeness (QED) is 0.801. The van der Waals surface area contributed by atoms with E-state index in [0.29, 0.717) is 5.92 Å². The highest BCUT2D eigenvalue weighted by atomic mass is 19.1. The van der Waals surface area contributed by atoms with E-state index in [1.807, 2.05) is 0 Å². The number of rotatable bonds is 3. The molecule has 0 amide bonds. The average Bonchev–Trinajstić information content (AvgIpc) is 2.80. The number of hydrogen-bond donors (Lipinski definition) is 1. The van der Waals surface area contributed by atoms with Gasteiger partial charge in [-0.05, 0) is 30.9 Å². The molecule has 1 heterocycles. The number of hydrogen-bond acceptors (Lipinski definition) is 2. The van der Waals surface area contributed by atoms with E-state index in [4.69, 9.17) is 5.73 Å². The first kappa shape index (κ1) is 9.59. The minimum absolute atomic E-state index is 0.274. The van der Waals surface area contributed by atoms with Crippen LogP contribution in [0.2, 0.25) is 0 Å². The summed E-state index contributed by atoms with van der Waals surface area (Å²) in [5.74, 6) is 0.232. The van der Waals surface area contributed by atoms with E-state index in [-0.39, 0.29) is 11.4 Å². The van der Waals surface area contributed by atoms with Gasteiger partial charge in [0.1, 0.15) is 5.82 Å². The van der Waals surface area contributed by atoms with Gasteiger partial charge in [-0.1, -0.05) is 13.3 Å². The minimum atomic E-state index is -0.301. The number of halogens is 1. The van der Waals surface area contributed by atoms with Crippen LogP contribution in [-0.2, 0) is 5.54 Å². The highest BCUT2D eigenvalue weighted by Gasteiger charge is 2.52. The van der Waals surface area contributed by atoms with Gasteiger partial charge in [0, 0.05) is 0 Å². The smallest absolute Gasteiger partial charge is 0.141 e. The van der Waals surface area contributed by atoms with E-state index in [2.05, 4.69) is 11.9 Å². The third kappa shape index (κ3) is 1.52. The molecule has 2 N–H and O–H groups in total. The molecule has 0 spiro atoms. The molecular formula is C11H15FN2. The predicted molar refractivity (Wildman–Crippen MR) is 53.1 cm³/mol. The van der Waals surface area contributed by atoms with Gasteiger partial charge in [-0.25, -0.2) is 4.39 Å². The Labute approximate surface area is 83.3 Å². The van der Waals surface area contributed by atoms with E-state index < -0.39 is 0 Å². The van der Waals surface area contributed by atoms with E-state index in [1.165, 1.54) is 12.3 Å². The molecule has 2 atom stereocenters. The van der Waals surface area contributed by atoms with Crippen LogP contribution in [0.25, 0.3) is 0 Å². The van der Waals surface area contributed by atoms with Crippen molar-refractivity contribution in [2.45, 2.75) is 31.7 Å². The lowest BCUT2D eigenvalue weighted by Gasteiger charge is -2.10. The van der Waals surface area contributed by atoms with Crippen LogP contribution >= 0.6 is 0 Å². The van der Waals surface area contributed by atoms with Gasteiger partial charge in [-0.2, -0.15) is 0 Å². The van der Waals surface area contributed by atoms with Crippen molar-refractivity contribution >= 4 is 0 Å². The van der Waals surface area contributed by atoms with Gasteiger partial charge in [0.15, 0.2) is 0 Å². The molecule has 1 aliphatic carbocycles. The van der Waals surface area contributed by atoms with Crippen LogP contribution in [-0.4, -0.2) is 4.98 Å². The molecule has 3 heteroatoms. The molecular weight excluding hydrogens is 179 g/mol. The second-order valence-electron chi connectivity index (χ2n) is 4.09.